The van der Waals surface area contributed by atoms with Crippen molar-refractivity contribution in [3.8, 4) is 17.0 Å². The van der Waals surface area contributed by atoms with Gasteiger partial charge in [-0.3, -0.25) is 4.79 Å². The van der Waals surface area contributed by atoms with Crippen LogP contribution in [0.1, 0.15) is 6.92 Å². The summed E-state index contributed by atoms with van der Waals surface area (Å²) < 4.78 is 40.5. The number of alkyl halides is 3. The van der Waals surface area contributed by atoms with E-state index in [2.05, 4.69) is 25.3 Å². The van der Waals surface area contributed by atoms with Crippen molar-refractivity contribution in [2.24, 2.45) is 0 Å². The zero-order valence-electron chi connectivity index (χ0n) is 14.6. The fourth-order valence-corrected chi connectivity index (χ4v) is 2.43. The van der Waals surface area contributed by atoms with Crippen LogP contribution in [-0.2, 0) is 4.79 Å². The molecule has 0 aliphatic rings. The lowest BCUT2D eigenvalue weighted by molar-refractivity contribution is -0.274. The number of anilines is 3. The van der Waals surface area contributed by atoms with Crippen molar-refractivity contribution in [3.63, 3.8) is 0 Å². The van der Waals surface area contributed by atoms with Crippen LogP contribution in [-0.4, -0.2) is 22.2 Å². The van der Waals surface area contributed by atoms with E-state index < -0.39 is 6.36 Å². The Morgan fingerprint density at radius 1 is 1.00 bits per heavy atom. The molecule has 0 fully saturated rings. The molecule has 1 amide bonds. The van der Waals surface area contributed by atoms with Crippen LogP contribution in [0.2, 0.25) is 0 Å². The van der Waals surface area contributed by atoms with Gasteiger partial charge in [0.1, 0.15) is 17.9 Å². The number of hydrogen-bond acceptors (Lipinski definition) is 5. The lowest BCUT2D eigenvalue weighted by atomic mass is 10.1. The van der Waals surface area contributed by atoms with Gasteiger partial charge in [-0.25, -0.2) is 9.97 Å². The molecule has 0 aliphatic heterocycles. The number of rotatable bonds is 5. The van der Waals surface area contributed by atoms with Gasteiger partial charge in [-0.2, -0.15) is 0 Å². The summed E-state index contributed by atoms with van der Waals surface area (Å²) in [4.78, 5) is 19.5. The van der Waals surface area contributed by atoms with Crippen LogP contribution >= 0.6 is 0 Å². The summed E-state index contributed by atoms with van der Waals surface area (Å²) in [6, 6.07) is 14.1. The molecule has 2 N–H and O–H groups in total. The minimum atomic E-state index is -4.73. The van der Waals surface area contributed by atoms with Gasteiger partial charge in [0.25, 0.3) is 0 Å². The topological polar surface area (TPSA) is 76.1 Å². The molecule has 0 saturated carbocycles. The zero-order valence-corrected chi connectivity index (χ0v) is 14.6. The predicted octanol–water partition coefficient (Wildman–Crippen LogP) is 4.74. The van der Waals surface area contributed by atoms with Gasteiger partial charge < -0.3 is 15.4 Å². The van der Waals surface area contributed by atoms with Crippen LogP contribution in [0.25, 0.3) is 11.3 Å². The van der Waals surface area contributed by atoms with Crippen LogP contribution < -0.4 is 15.4 Å². The molecule has 144 valence electrons. The van der Waals surface area contributed by atoms with Gasteiger partial charge in [0.2, 0.25) is 5.91 Å². The van der Waals surface area contributed by atoms with Crippen molar-refractivity contribution in [1.29, 1.82) is 0 Å². The maximum absolute atomic E-state index is 12.2. The highest BCUT2D eigenvalue weighted by atomic mass is 19.4. The second-order valence-corrected chi connectivity index (χ2v) is 5.75. The second-order valence-electron chi connectivity index (χ2n) is 5.75. The molecule has 0 radical (unpaired) electrons. The summed E-state index contributed by atoms with van der Waals surface area (Å²) >= 11 is 0. The zero-order chi connectivity index (χ0) is 20.1. The highest BCUT2D eigenvalue weighted by Gasteiger charge is 2.30. The van der Waals surface area contributed by atoms with E-state index >= 15 is 0 Å². The summed E-state index contributed by atoms with van der Waals surface area (Å²) in [5, 5.41) is 5.69. The third-order valence-corrected chi connectivity index (χ3v) is 3.51. The molecule has 6 nitrogen and oxygen atoms in total. The lowest BCUT2D eigenvalue weighted by Crippen LogP contribution is -2.16. The fraction of sp³-hybridized carbons (Fsp3) is 0.105. The summed E-state index contributed by atoms with van der Waals surface area (Å²) in [7, 11) is 0. The first-order valence-electron chi connectivity index (χ1n) is 8.11. The molecule has 0 unspecified atom stereocenters. The number of nitrogens with zero attached hydrogens (tertiary/aromatic N) is 2. The van der Waals surface area contributed by atoms with Crippen LogP contribution in [0.15, 0.2) is 60.9 Å². The monoisotopic (exact) mass is 388 g/mol. The lowest BCUT2D eigenvalue weighted by Gasteiger charge is -2.11. The number of carbonyl (C=O) groups excluding carboxylic acids is 1. The number of hydrogen-bond donors (Lipinski definition) is 2. The number of benzene rings is 2. The SMILES string of the molecule is CC(=O)Nc1cccc(-c2cc(Nc3ccc(OC(F)(F)F)cc3)ncn2)c1. The van der Waals surface area contributed by atoms with Crippen molar-refractivity contribution in [2.75, 3.05) is 10.6 Å². The number of halogens is 3. The molecule has 0 spiro atoms. The Morgan fingerprint density at radius 2 is 1.75 bits per heavy atom. The number of amides is 1. The molecule has 0 aliphatic carbocycles. The van der Waals surface area contributed by atoms with E-state index in [1.807, 2.05) is 6.07 Å². The highest BCUT2D eigenvalue weighted by Crippen LogP contribution is 2.26. The van der Waals surface area contributed by atoms with E-state index in [1.165, 1.54) is 37.5 Å². The molecule has 28 heavy (non-hydrogen) atoms. The molecule has 1 aromatic heterocycles. The number of carbonyl (C=O) groups is 1. The van der Waals surface area contributed by atoms with E-state index in [-0.39, 0.29) is 11.7 Å². The average Bonchev–Trinajstić information content (AvgIpc) is 2.62. The van der Waals surface area contributed by atoms with Crippen molar-refractivity contribution in [1.82, 2.24) is 9.97 Å². The standard InChI is InChI=1S/C19H15F3N4O2/c1-12(27)25-15-4-2-3-13(9-15)17-10-18(24-11-23-17)26-14-5-7-16(8-6-14)28-19(20,21)22/h2-11H,1H3,(H,25,27)(H,23,24,26). The summed E-state index contributed by atoms with van der Waals surface area (Å²) in [5.41, 5.74) is 2.55. The van der Waals surface area contributed by atoms with Crippen molar-refractivity contribution < 1.29 is 22.7 Å². The first-order chi connectivity index (χ1) is 13.3. The molecule has 9 heteroatoms. The third kappa shape index (κ3) is 5.44. The smallest absolute Gasteiger partial charge is 0.406 e. The van der Waals surface area contributed by atoms with E-state index in [9.17, 15) is 18.0 Å². The van der Waals surface area contributed by atoms with Gasteiger partial charge in [-0.1, -0.05) is 12.1 Å². The Kier molecular flexibility index (Phi) is 5.44. The van der Waals surface area contributed by atoms with E-state index in [0.29, 0.717) is 22.9 Å². The summed E-state index contributed by atoms with van der Waals surface area (Å²) in [6.07, 6.45) is -3.37. The van der Waals surface area contributed by atoms with Gasteiger partial charge >= 0.3 is 6.36 Å². The highest BCUT2D eigenvalue weighted by molar-refractivity contribution is 5.89. The van der Waals surface area contributed by atoms with Gasteiger partial charge in [0.05, 0.1) is 5.69 Å². The number of aromatic nitrogens is 2. The Bertz CT molecular complexity index is 975. The normalized spacial score (nSPS) is 11.0. The van der Waals surface area contributed by atoms with E-state index in [4.69, 9.17) is 0 Å². The van der Waals surface area contributed by atoms with Gasteiger partial charge in [-0.15, -0.1) is 13.2 Å². The Hall–Kier alpha value is -3.62. The molecule has 3 aromatic rings. The molecule has 0 bridgehead atoms. The van der Waals surface area contributed by atoms with Crippen molar-refractivity contribution in [3.05, 3.63) is 60.9 Å². The molecule has 3 rings (SSSR count). The van der Waals surface area contributed by atoms with Crippen LogP contribution in [0.3, 0.4) is 0 Å². The van der Waals surface area contributed by atoms with Gasteiger partial charge in [0, 0.05) is 29.9 Å². The average molecular weight is 388 g/mol. The number of nitrogens with one attached hydrogen (secondary N) is 2. The summed E-state index contributed by atoms with van der Waals surface area (Å²) in [6.45, 7) is 1.42. The largest absolute Gasteiger partial charge is 0.573 e. The minimum Gasteiger partial charge on any atom is -0.406 e. The summed E-state index contributed by atoms with van der Waals surface area (Å²) in [5.74, 6) is -0.0317. The maximum atomic E-state index is 12.2. The second kappa shape index (κ2) is 7.95. The van der Waals surface area contributed by atoms with Gasteiger partial charge in [0.15, 0.2) is 0 Å². The van der Waals surface area contributed by atoms with Crippen LogP contribution in [0, 0.1) is 0 Å². The van der Waals surface area contributed by atoms with Crippen LogP contribution in [0.5, 0.6) is 5.75 Å². The van der Waals surface area contributed by atoms with E-state index in [1.54, 1.807) is 24.3 Å². The first kappa shape index (κ1) is 19.2. The minimum absolute atomic E-state index is 0.180. The predicted molar refractivity (Wildman–Crippen MR) is 98.2 cm³/mol. The number of ether oxygens (including phenoxy) is 1. The molecule has 0 saturated heterocycles. The molecular formula is C19H15F3N4O2. The Morgan fingerprint density at radius 3 is 2.43 bits per heavy atom. The van der Waals surface area contributed by atoms with Crippen LogP contribution in [0.4, 0.5) is 30.4 Å². The quantitative estimate of drug-likeness (QED) is 0.660. The third-order valence-electron chi connectivity index (χ3n) is 3.51. The molecule has 2 aromatic carbocycles. The molecule has 0 atom stereocenters. The van der Waals surface area contributed by atoms with Crippen molar-refractivity contribution >= 4 is 23.1 Å². The maximum Gasteiger partial charge on any atom is 0.573 e. The molecular weight excluding hydrogens is 373 g/mol. The Labute approximate surface area is 158 Å². The fourth-order valence-electron chi connectivity index (χ4n) is 2.43. The van der Waals surface area contributed by atoms with Crippen molar-refractivity contribution in [2.45, 2.75) is 13.3 Å². The van der Waals surface area contributed by atoms with E-state index in [0.717, 1.165) is 5.56 Å². The Balaban J connectivity index is 1.76. The van der Waals surface area contributed by atoms with Gasteiger partial charge in [-0.05, 0) is 36.4 Å². The first-order valence-corrected chi connectivity index (χ1v) is 8.11. The molecule has 1 heterocycles.